The van der Waals surface area contributed by atoms with Crippen LogP contribution in [0.15, 0.2) is 30.3 Å². The van der Waals surface area contributed by atoms with E-state index in [4.69, 9.17) is 11.6 Å². The maximum atomic E-state index is 6.48. The molecule has 2 saturated carbocycles. The van der Waals surface area contributed by atoms with Crippen molar-refractivity contribution in [1.29, 1.82) is 0 Å². The second-order valence-corrected chi connectivity index (χ2v) is 7.71. The highest BCUT2D eigenvalue weighted by Crippen LogP contribution is 2.62. The van der Waals surface area contributed by atoms with Gasteiger partial charge in [-0.05, 0) is 60.8 Å². The van der Waals surface area contributed by atoms with E-state index in [1.165, 1.54) is 51.4 Å². The van der Waals surface area contributed by atoms with E-state index in [2.05, 4.69) is 37.3 Å². The smallest absolute Gasteiger partial charge is 0.0282 e. The van der Waals surface area contributed by atoms with Gasteiger partial charge in [-0.25, -0.2) is 0 Å². The topological polar surface area (TPSA) is 0 Å². The van der Waals surface area contributed by atoms with Crippen molar-refractivity contribution in [3.8, 4) is 0 Å². The summed E-state index contributed by atoms with van der Waals surface area (Å²) in [4.78, 5) is 0. The lowest BCUT2D eigenvalue weighted by molar-refractivity contribution is 0.138. The summed E-state index contributed by atoms with van der Waals surface area (Å²) in [7, 11) is 0. The molecule has 3 rings (SSSR count). The minimum absolute atomic E-state index is 0.449. The summed E-state index contributed by atoms with van der Waals surface area (Å²) in [6.07, 6.45) is 11.2. The lowest BCUT2D eigenvalue weighted by Crippen LogP contribution is -2.32. The largest absolute Gasteiger partial charge is 0.126 e. The Morgan fingerprint density at radius 3 is 2.48 bits per heavy atom. The molecule has 2 aliphatic carbocycles. The van der Waals surface area contributed by atoms with Crippen LogP contribution in [0.25, 0.3) is 0 Å². The van der Waals surface area contributed by atoms with Crippen LogP contribution in [0.3, 0.4) is 0 Å². The first-order valence-corrected chi connectivity index (χ1v) is 9.43. The van der Waals surface area contributed by atoms with E-state index in [1.807, 2.05) is 0 Å². The molecule has 2 aliphatic rings. The van der Waals surface area contributed by atoms with Gasteiger partial charge in [-0.1, -0.05) is 56.5 Å². The number of hydrogen-bond donors (Lipinski definition) is 0. The van der Waals surface area contributed by atoms with Crippen LogP contribution < -0.4 is 0 Å². The molecule has 0 aliphatic heterocycles. The van der Waals surface area contributed by atoms with Crippen molar-refractivity contribution in [3.63, 3.8) is 0 Å². The summed E-state index contributed by atoms with van der Waals surface area (Å²) < 4.78 is 0. The van der Waals surface area contributed by atoms with Crippen molar-refractivity contribution >= 4 is 11.6 Å². The fourth-order valence-corrected chi connectivity index (χ4v) is 5.04. The minimum atomic E-state index is 0.449. The number of alkyl halides is 1. The van der Waals surface area contributed by atoms with E-state index in [9.17, 15) is 0 Å². The third-order valence-electron chi connectivity index (χ3n) is 6.14. The van der Waals surface area contributed by atoms with E-state index in [0.717, 1.165) is 23.6 Å². The molecule has 116 valence electrons. The first-order chi connectivity index (χ1) is 10.3. The molecule has 0 radical (unpaired) electrons. The molecular formula is C20H29Cl. The second kappa shape index (κ2) is 6.73. The van der Waals surface area contributed by atoms with Gasteiger partial charge in [0.25, 0.3) is 0 Å². The Hall–Kier alpha value is -0.490. The molecular weight excluding hydrogens is 276 g/mol. The Labute approximate surface area is 135 Å². The van der Waals surface area contributed by atoms with Crippen molar-refractivity contribution in [3.05, 3.63) is 35.9 Å². The van der Waals surface area contributed by atoms with E-state index in [-0.39, 0.29) is 0 Å². The van der Waals surface area contributed by atoms with Gasteiger partial charge in [-0.3, -0.25) is 0 Å². The molecule has 0 aromatic heterocycles. The van der Waals surface area contributed by atoms with E-state index in [0.29, 0.717) is 5.41 Å². The number of rotatable bonds is 6. The molecule has 0 nitrogen and oxygen atoms in total. The predicted molar refractivity (Wildman–Crippen MR) is 91.9 cm³/mol. The number of halogens is 1. The van der Waals surface area contributed by atoms with Gasteiger partial charge in [0.2, 0.25) is 0 Å². The average molecular weight is 305 g/mol. The van der Waals surface area contributed by atoms with Gasteiger partial charge in [0.05, 0.1) is 0 Å². The highest BCUT2D eigenvalue weighted by molar-refractivity contribution is 6.18. The standard InChI is InChI=1S/C20H29Cl/c1-2-3-7-16-10-12-20(15-21,13-11-16)19-14-18(19)17-8-5-4-6-9-17/h4-6,8-9,16,18-19H,2-3,7,10-15H2,1H3. The maximum absolute atomic E-state index is 6.48. The minimum Gasteiger partial charge on any atom is -0.126 e. The zero-order valence-electron chi connectivity index (χ0n) is 13.4. The van der Waals surface area contributed by atoms with E-state index in [1.54, 1.807) is 5.56 Å². The molecule has 0 spiro atoms. The number of hydrogen-bond acceptors (Lipinski definition) is 0. The molecule has 2 unspecified atom stereocenters. The Morgan fingerprint density at radius 2 is 1.86 bits per heavy atom. The summed E-state index contributed by atoms with van der Waals surface area (Å²) in [6.45, 7) is 2.31. The first kappa shape index (κ1) is 15.4. The van der Waals surface area contributed by atoms with Crippen molar-refractivity contribution in [2.75, 3.05) is 5.88 Å². The van der Waals surface area contributed by atoms with Gasteiger partial charge in [-0.2, -0.15) is 0 Å². The Bertz CT molecular complexity index is 430. The van der Waals surface area contributed by atoms with Crippen molar-refractivity contribution < 1.29 is 0 Å². The molecule has 1 aromatic rings. The maximum Gasteiger partial charge on any atom is 0.0282 e. The van der Waals surface area contributed by atoms with Gasteiger partial charge in [0.15, 0.2) is 0 Å². The van der Waals surface area contributed by atoms with Gasteiger partial charge in [-0.15, -0.1) is 11.6 Å². The highest BCUT2D eigenvalue weighted by atomic mass is 35.5. The van der Waals surface area contributed by atoms with Crippen LogP contribution in [-0.4, -0.2) is 5.88 Å². The molecule has 0 saturated heterocycles. The molecule has 0 heterocycles. The van der Waals surface area contributed by atoms with Crippen LogP contribution in [0.2, 0.25) is 0 Å². The zero-order chi connectivity index (χ0) is 14.7. The number of benzene rings is 1. The van der Waals surface area contributed by atoms with Crippen LogP contribution in [0, 0.1) is 17.3 Å². The number of unbranched alkanes of at least 4 members (excludes halogenated alkanes) is 1. The van der Waals surface area contributed by atoms with Crippen molar-refractivity contribution in [1.82, 2.24) is 0 Å². The Morgan fingerprint density at radius 1 is 1.14 bits per heavy atom. The van der Waals surface area contributed by atoms with Crippen LogP contribution in [0.5, 0.6) is 0 Å². The summed E-state index contributed by atoms with van der Waals surface area (Å²) in [5, 5.41) is 0. The van der Waals surface area contributed by atoms with Crippen molar-refractivity contribution in [2.45, 2.75) is 64.2 Å². The summed E-state index contributed by atoms with van der Waals surface area (Å²) in [5.41, 5.74) is 1.99. The van der Waals surface area contributed by atoms with Gasteiger partial charge in [0.1, 0.15) is 0 Å². The van der Waals surface area contributed by atoms with Gasteiger partial charge >= 0.3 is 0 Å². The third kappa shape index (κ3) is 3.31. The second-order valence-electron chi connectivity index (χ2n) is 7.44. The van der Waals surface area contributed by atoms with Crippen molar-refractivity contribution in [2.24, 2.45) is 17.3 Å². The molecule has 1 aromatic carbocycles. The predicted octanol–water partition coefficient (Wildman–Crippen LogP) is 6.40. The van der Waals surface area contributed by atoms with Crippen LogP contribution in [0.1, 0.15) is 69.8 Å². The lowest BCUT2D eigenvalue weighted by atomic mass is 9.67. The van der Waals surface area contributed by atoms with Crippen LogP contribution in [-0.2, 0) is 0 Å². The van der Waals surface area contributed by atoms with E-state index >= 15 is 0 Å². The SMILES string of the molecule is CCCCC1CCC(CCl)(C2CC2c2ccccc2)CC1. The van der Waals surface area contributed by atoms with Crippen LogP contribution in [0.4, 0.5) is 0 Å². The molecule has 0 bridgehead atoms. The Balaban J connectivity index is 1.59. The van der Waals surface area contributed by atoms with Crippen LogP contribution >= 0.6 is 11.6 Å². The normalized spacial score (nSPS) is 35.6. The molecule has 0 N–H and O–H groups in total. The zero-order valence-corrected chi connectivity index (χ0v) is 14.1. The van der Waals surface area contributed by atoms with E-state index < -0.39 is 0 Å². The summed E-state index contributed by atoms with van der Waals surface area (Å²) in [6, 6.07) is 11.1. The molecule has 0 amide bonds. The Kier molecular flexibility index (Phi) is 4.94. The third-order valence-corrected chi connectivity index (χ3v) is 6.67. The monoisotopic (exact) mass is 304 g/mol. The molecule has 2 fully saturated rings. The molecule has 21 heavy (non-hydrogen) atoms. The fraction of sp³-hybridized carbons (Fsp3) is 0.700. The quantitative estimate of drug-likeness (QED) is 0.534. The van der Waals surface area contributed by atoms with Gasteiger partial charge < -0.3 is 0 Å². The lowest BCUT2D eigenvalue weighted by Gasteiger charge is -2.40. The summed E-state index contributed by atoms with van der Waals surface area (Å²) in [5.74, 6) is 3.50. The summed E-state index contributed by atoms with van der Waals surface area (Å²) >= 11 is 6.48. The molecule has 1 heteroatoms. The molecule has 2 atom stereocenters. The fourth-order valence-electron chi connectivity index (χ4n) is 4.58. The highest BCUT2D eigenvalue weighted by Gasteiger charge is 2.53. The average Bonchev–Trinajstić information content (AvgIpc) is 3.35. The van der Waals surface area contributed by atoms with Gasteiger partial charge in [0, 0.05) is 5.88 Å². The first-order valence-electron chi connectivity index (χ1n) is 8.90.